The van der Waals surface area contributed by atoms with E-state index in [4.69, 9.17) is 4.42 Å². The monoisotopic (exact) mass is 489 g/mol. The number of rotatable bonds is 6. The number of carbonyl (C=O) groups excluding carboxylic acids is 1. The lowest BCUT2D eigenvalue weighted by molar-refractivity contribution is -0.384. The van der Waals surface area contributed by atoms with Gasteiger partial charge in [0, 0.05) is 23.1 Å². The molecule has 180 valence electrons. The molecule has 4 aromatic carbocycles. The van der Waals surface area contributed by atoms with Crippen molar-refractivity contribution in [3.63, 3.8) is 0 Å². The minimum atomic E-state index is -0.463. The smallest absolute Gasteiger partial charge is 0.271 e. The van der Waals surface area contributed by atoms with Gasteiger partial charge in [0.1, 0.15) is 17.2 Å². The van der Waals surface area contributed by atoms with Crippen LogP contribution in [0.1, 0.15) is 27.2 Å². The summed E-state index contributed by atoms with van der Waals surface area (Å²) < 4.78 is 5.80. The predicted molar refractivity (Wildman–Crippen MR) is 139 cm³/mol. The first-order valence-corrected chi connectivity index (χ1v) is 11.5. The molecule has 0 aliphatic carbocycles. The first kappa shape index (κ1) is 22.2. The number of fused-ring (bicyclic) bond motifs is 2. The molecule has 6 aromatic rings. The number of non-ortho nitro benzene ring substituents is 1. The number of aromatic nitrogens is 2. The third-order valence-corrected chi connectivity index (χ3v) is 6.24. The molecule has 0 spiro atoms. The number of imidazole rings is 1. The van der Waals surface area contributed by atoms with Crippen LogP contribution in [0.5, 0.6) is 5.75 Å². The molecule has 8 heteroatoms. The Bertz CT molecular complexity index is 1820. The molecular formula is C29H19N3O5. The number of aromatic amines is 1. The van der Waals surface area contributed by atoms with Crippen LogP contribution in [-0.2, 0) is 6.42 Å². The summed E-state index contributed by atoms with van der Waals surface area (Å²) in [7, 11) is 0. The summed E-state index contributed by atoms with van der Waals surface area (Å²) in [5.41, 5.74) is 4.67. The molecule has 0 atom stereocenters. The minimum absolute atomic E-state index is 0.0380. The Morgan fingerprint density at radius 3 is 2.54 bits per heavy atom. The Labute approximate surface area is 210 Å². The molecule has 2 heterocycles. The number of hydrogen-bond donors (Lipinski definition) is 2. The van der Waals surface area contributed by atoms with Gasteiger partial charge in [-0.15, -0.1) is 0 Å². The van der Waals surface area contributed by atoms with Gasteiger partial charge >= 0.3 is 0 Å². The first-order valence-electron chi connectivity index (χ1n) is 11.5. The van der Waals surface area contributed by atoms with E-state index in [1.54, 1.807) is 30.3 Å². The molecule has 37 heavy (non-hydrogen) atoms. The van der Waals surface area contributed by atoms with Crippen LogP contribution in [-0.4, -0.2) is 25.8 Å². The number of H-pyrrole nitrogens is 1. The fourth-order valence-electron chi connectivity index (χ4n) is 4.40. The van der Waals surface area contributed by atoms with Crippen molar-refractivity contribution < 1.29 is 19.2 Å². The molecule has 0 aliphatic heterocycles. The zero-order chi connectivity index (χ0) is 25.5. The highest BCUT2D eigenvalue weighted by molar-refractivity contribution is 6.09. The van der Waals surface area contributed by atoms with Gasteiger partial charge in [-0.05, 0) is 53.9 Å². The van der Waals surface area contributed by atoms with Gasteiger partial charge in [0.2, 0.25) is 5.78 Å². The van der Waals surface area contributed by atoms with Gasteiger partial charge in [0.25, 0.3) is 5.69 Å². The Morgan fingerprint density at radius 2 is 1.73 bits per heavy atom. The van der Waals surface area contributed by atoms with Crippen molar-refractivity contribution in [3.05, 3.63) is 124 Å². The quantitative estimate of drug-likeness (QED) is 0.158. The molecule has 0 radical (unpaired) electrons. The number of benzene rings is 4. The SMILES string of the molecule is O=C(c1ccccc1)c1cc2cc(Cc3ccc(O)c(-c4nc5ccc([N+](=O)[O-])cc5[nH]4)c3)ccc2o1. The third kappa shape index (κ3) is 4.21. The van der Waals surface area contributed by atoms with E-state index in [-0.39, 0.29) is 23.0 Å². The van der Waals surface area contributed by atoms with Crippen LogP contribution in [0.2, 0.25) is 0 Å². The number of hydrogen-bond acceptors (Lipinski definition) is 6. The number of phenols is 1. The van der Waals surface area contributed by atoms with E-state index in [1.165, 1.54) is 12.1 Å². The molecule has 0 aliphatic rings. The fraction of sp³-hybridized carbons (Fsp3) is 0.0345. The van der Waals surface area contributed by atoms with Crippen molar-refractivity contribution in [2.75, 3.05) is 0 Å². The van der Waals surface area contributed by atoms with Gasteiger partial charge in [-0.2, -0.15) is 0 Å². The molecule has 0 fully saturated rings. The first-order chi connectivity index (χ1) is 17.9. The topological polar surface area (TPSA) is 122 Å². The van der Waals surface area contributed by atoms with Gasteiger partial charge in [-0.1, -0.05) is 42.5 Å². The second-order valence-corrected chi connectivity index (χ2v) is 8.75. The van der Waals surface area contributed by atoms with E-state index in [0.29, 0.717) is 40.0 Å². The van der Waals surface area contributed by atoms with Crippen LogP contribution < -0.4 is 0 Å². The molecule has 2 aromatic heterocycles. The van der Waals surface area contributed by atoms with Gasteiger partial charge in [0.05, 0.1) is 21.5 Å². The van der Waals surface area contributed by atoms with E-state index in [2.05, 4.69) is 9.97 Å². The van der Waals surface area contributed by atoms with Crippen LogP contribution in [0.3, 0.4) is 0 Å². The van der Waals surface area contributed by atoms with Crippen LogP contribution in [0.25, 0.3) is 33.4 Å². The second kappa shape index (κ2) is 8.76. The normalized spacial score (nSPS) is 11.2. The molecule has 0 saturated carbocycles. The molecule has 6 rings (SSSR count). The summed E-state index contributed by atoms with van der Waals surface area (Å²) >= 11 is 0. The maximum Gasteiger partial charge on any atom is 0.271 e. The van der Waals surface area contributed by atoms with E-state index < -0.39 is 4.92 Å². The number of nitrogens with one attached hydrogen (secondary N) is 1. The lowest BCUT2D eigenvalue weighted by atomic mass is 10.0. The second-order valence-electron chi connectivity index (χ2n) is 8.75. The van der Waals surface area contributed by atoms with Crippen molar-refractivity contribution in [2.24, 2.45) is 0 Å². The fourth-order valence-corrected chi connectivity index (χ4v) is 4.40. The predicted octanol–water partition coefficient (Wildman–Crippen LogP) is 6.41. The number of nitrogens with zero attached hydrogens (tertiary/aromatic N) is 2. The zero-order valence-corrected chi connectivity index (χ0v) is 19.3. The summed E-state index contributed by atoms with van der Waals surface area (Å²) in [6.45, 7) is 0. The highest BCUT2D eigenvalue weighted by atomic mass is 16.6. The number of ketones is 1. The Morgan fingerprint density at radius 1 is 0.946 bits per heavy atom. The molecule has 0 saturated heterocycles. The van der Waals surface area contributed by atoms with Crippen molar-refractivity contribution in [1.82, 2.24) is 9.97 Å². The average Bonchev–Trinajstić information content (AvgIpc) is 3.53. The zero-order valence-electron chi connectivity index (χ0n) is 19.3. The van der Waals surface area contributed by atoms with Crippen LogP contribution in [0.15, 0.2) is 95.4 Å². The number of nitro benzene ring substituents is 1. The van der Waals surface area contributed by atoms with Crippen molar-refractivity contribution in [2.45, 2.75) is 6.42 Å². The molecule has 0 amide bonds. The molecule has 8 nitrogen and oxygen atoms in total. The van der Waals surface area contributed by atoms with Crippen LogP contribution >= 0.6 is 0 Å². The molecular weight excluding hydrogens is 470 g/mol. The van der Waals surface area contributed by atoms with Gasteiger partial charge in [0.15, 0.2) is 5.76 Å². The van der Waals surface area contributed by atoms with E-state index in [9.17, 15) is 20.0 Å². The maximum absolute atomic E-state index is 12.8. The van der Waals surface area contributed by atoms with Gasteiger partial charge in [-0.25, -0.2) is 4.98 Å². The lowest BCUT2D eigenvalue weighted by Crippen LogP contribution is -1.98. The van der Waals surface area contributed by atoms with Gasteiger partial charge < -0.3 is 14.5 Å². The van der Waals surface area contributed by atoms with Crippen molar-refractivity contribution in [1.29, 1.82) is 0 Å². The maximum atomic E-state index is 12.8. The largest absolute Gasteiger partial charge is 0.507 e. The van der Waals surface area contributed by atoms with Crippen molar-refractivity contribution >= 4 is 33.5 Å². The number of nitro groups is 1. The Balaban J connectivity index is 1.29. The van der Waals surface area contributed by atoms with Crippen molar-refractivity contribution in [3.8, 4) is 17.1 Å². The minimum Gasteiger partial charge on any atom is -0.507 e. The van der Waals surface area contributed by atoms with Gasteiger partial charge in [-0.3, -0.25) is 14.9 Å². The number of carbonyl (C=O) groups is 1. The van der Waals surface area contributed by atoms with Crippen LogP contribution in [0, 0.1) is 10.1 Å². The Kier molecular flexibility index (Phi) is 5.27. The summed E-state index contributed by atoms with van der Waals surface area (Å²) in [4.78, 5) is 30.9. The summed E-state index contributed by atoms with van der Waals surface area (Å²) in [5.74, 6) is 0.587. The van der Waals surface area contributed by atoms with E-state index >= 15 is 0 Å². The number of phenolic OH excluding ortho intramolecular Hbond substituents is 1. The summed E-state index contributed by atoms with van der Waals surface area (Å²) in [6, 6.07) is 26.2. The highest BCUT2D eigenvalue weighted by Crippen LogP contribution is 2.32. The Hall–Kier alpha value is -5.24. The third-order valence-electron chi connectivity index (χ3n) is 6.24. The standard InChI is InChI=1S/C29H19N3O5/c33-25-10-6-18(14-22(25)29-30-23-9-8-21(32(35)36)16-24(23)31-29)12-17-7-11-26-20(13-17)15-27(37-26)28(34)19-4-2-1-3-5-19/h1-11,13-16,33H,12H2,(H,30,31). The number of aromatic hydroxyl groups is 1. The average molecular weight is 489 g/mol. The molecule has 2 N–H and O–H groups in total. The van der Waals surface area contributed by atoms with E-state index in [1.807, 2.05) is 48.5 Å². The highest BCUT2D eigenvalue weighted by Gasteiger charge is 2.16. The molecule has 0 bridgehead atoms. The number of furan rings is 1. The molecule has 0 unspecified atom stereocenters. The van der Waals surface area contributed by atoms with Crippen LogP contribution in [0.4, 0.5) is 5.69 Å². The summed E-state index contributed by atoms with van der Waals surface area (Å²) in [6.07, 6.45) is 0.571. The van der Waals surface area contributed by atoms with E-state index in [0.717, 1.165) is 16.5 Å². The summed E-state index contributed by atoms with van der Waals surface area (Å²) in [5, 5.41) is 22.4. The lowest BCUT2D eigenvalue weighted by Gasteiger charge is -2.07.